The van der Waals surface area contributed by atoms with E-state index in [1.807, 2.05) is 12.1 Å². The fourth-order valence-corrected chi connectivity index (χ4v) is 2.00. The monoisotopic (exact) mass is 225 g/mol. The second kappa shape index (κ2) is 4.81. The Morgan fingerprint density at radius 1 is 1.53 bits per heavy atom. The molecule has 4 heteroatoms. The average molecular weight is 226 g/mol. The van der Waals surface area contributed by atoms with Gasteiger partial charge in [-0.05, 0) is 38.4 Å². The highest BCUT2D eigenvalue weighted by Crippen LogP contribution is 2.15. The first kappa shape index (κ1) is 10.7. The van der Waals surface area contributed by atoms with Crippen LogP contribution in [0.15, 0.2) is 18.3 Å². The topological polar surface area (TPSA) is 37.0 Å². The number of nitrogens with one attached hydrogen (secondary N) is 2. The molecule has 0 aliphatic carbocycles. The summed E-state index contributed by atoms with van der Waals surface area (Å²) in [6, 6.07) is 4.74. The van der Waals surface area contributed by atoms with Gasteiger partial charge in [-0.2, -0.15) is 0 Å². The smallest absolute Gasteiger partial charge is 0.126 e. The highest BCUT2D eigenvalue weighted by Gasteiger charge is 2.20. The molecule has 1 aromatic rings. The van der Waals surface area contributed by atoms with Gasteiger partial charge >= 0.3 is 0 Å². The number of hydrogen-bond acceptors (Lipinski definition) is 3. The first-order valence-corrected chi connectivity index (χ1v) is 5.75. The molecule has 2 atom stereocenters. The SMILES string of the molecule is C[C@H]1NCCC[C@@H]1Nc1ccc(Cl)cn1. The van der Waals surface area contributed by atoms with E-state index in [-0.39, 0.29) is 0 Å². The lowest BCUT2D eigenvalue weighted by Gasteiger charge is -2.31. The molecular formula is C11H16ClN3. The molecule has 1 aromatic heterocycles. The van der Waals surface area contributed by atoms with Gasteiger partial charge in [-0.1, -0.05) is 11.6 Å². The van der Waals surface area contributed by atoms with Crippen LogP contribution < -0.4 is 10.6 Å². The number of rotatable bonds is 2. The Bertz CT molecular complexity index is 312. The fraction of sp³-hybridized carbons (Fsp3) is 0.545. The maximum absolute atomic E-state index is 5.78. The molecule has 1 aliphatic rings. The average Bonchev–Trinajstić information content (AvgIpc) is 2.25. The van der Waals surface area contributed by atoms with Crippen molar-refractivity contribution in [3.8, 4) is 0 Å². The second-order valence-electron chi connectivity index (χ2n) is 4.00. The highest BCUT2D eigenvalue weighted by atomic mass is 35.5. The number of aromatic nitrogens is 1. The van der Waals surface area contributed by atoms with E-state index in [1.165, 1.54) is 12.8 Å². The molecule has 82 valence electrons. The van der Waals surface area contributed by atoms with E-state index >= 15 is 0 Å². The zero-order valence-electron chi connectivity index (χ0n) is 8.83. The predicted octanol–water partition coefficient (Wildman–Crippen LogP) is 2.29. The van der Waals surface area contributed by atoms with Gasteiger partial charge in [0.1, 0.15) is 5.82 Å². The van der Waals surface area contributed by atoms with Crippen molar-refractivity contribution in [2.24, 2.45) is 0 Å². The van der Waals surface area contributed by atoms with Gasteiger partial charge in [-0.3, -0.25) is 0 Å². The summed E-state index contributed by atoms with van der Waals surface area (Å²) in [5, 5.41) is 7.55. The quantitative estimate of drug-likeness (QED) is 0.811. The zero-order valence-corrected chi connectivity index (χ0v) is 9.59. The molecule has 3 nitrogen and oxygen atoms in total. The Hall–Kier alpha value is -0.800. The van der Waals surface area contributed by atoms with Crippen molar-refractivity contribution in [2.45, 2.75) is 31.8 Å². The minimum atomic E-state index is 0.465. The van der Waals surface area contributed by atoms with Crippen LogP contribution in [0.25, 0.3) is 0 Å². The first-order valence-electron chi connectivity index (χ1n) is 5.37. The molecule has 2 heterocycles. The van der Waals surface area contributed by atoms with Crippen LogP contribution in [-0.4, -0.2) is 23.6 Å². The van der Waals surface area contributed by atoms with Gasteiger partial charge in [0.25, 0.3) is 0 Å². The van der Waals surface area contributed by atoms with Crippen molar-refractivity contribution in [3.63, 3.8) is 0 Å². The zero-order chi connectivity index (χ0) is 10.7. The summed E-state index contributed by atoms with van der Waals surface area (Å²) in [5.74, 6) is 0.903. The lowest BCUT2D eigenvalue weighted by molar-refractivity contribution is 0.389. The molecule has 2 N–H and O–H groups in total. The van der Waals surface area contributed by atoms with Crippen molar-refractivity contribution in [1.82, 2.24) is 10.3 Å². The van der Waals surface area contributed by atoms with Gasteiger partial charge in [-0.25, -0.2) is 4.98 Å². The molecule has 1 aliphatic heterocycles. The third kappa shape index (κ3) is 2.83. The van der Waals surface area contributed by atoms with E-state index in [9.17, 15) is 0 Å². The molecule has 0 unspecified atom stereocenters. The van der Waals surface area contributed by atoms with Crippen molar-refractivity contribution in [1.29, 1.82) is 0 Å². The van der Waals surface area contributed by atoms with E-state index < -0.39 is 0 Å². The number of hydrogen-bond donors (Lipinski definition) is 2. The number of nitrogens with zero attached hydrogens (tertiary/aromatic N) is 1. The minimum absolute atomic E-state index is 0.465. The van der Waals surface area contributed by atoms with Crippen LogP contribution >= 0.6 is 11.6 Å². The fourth-order valence-electron chi connectivity index (χ4n) is 1.89. The van der Waals surface area contributed by atoms with Gasteiger partial charge < -0.3 is 10.6 Å². The Balaban J connectivity index is 1.98. The maximum atomic E-state index is 5.78. The molecule has 0 amide bonds. The molecule has 0 bridgehead atoms. The van der Waals surface area contributed by atoms with Crippen molar-refractivity contribution in [3.05, 3.63) is 23.4 Å². The molecular weight excluding hydrogens is 210 g/mol. The van der Waals surface area contributed by atoms with E-state index in [1.54, 1.807) is 6.20 Å². The largest absolute Gasteiger partial charge is 0.366 e. The summed E-state index contributed by atoms with van der Waals surface area (Å²) >= 11 is 5.78. The van der Waals surface area contributed by atoms with Gasteiger partial charge in [-0.15, -0.1) is 0 Å². The molecule has 2 rings (SSSR count). The van der Waals surface area contributed by atoms with Crippen LogP contribution in [0.2, 0.25) is 5.02 Å². The molecule has 0 aromatic carbocycles. The number of pyridine rings is 1. The summed E-state index contributed by atoms with van der Waals surface area (Å²) in [4.78, 5) is 4.24. The van der Waals surface area contributed by atoms with E-state index in [0.717, 1.165) is 12.4 Å². The van der Waals surface area contributed by atoms with E-state index in [4.69, 9.17) is 11.6 Å². The second-order valence-corrected chi connectivity index (χ2v) is 4.43. The Morgan fingerprint density at radius 3 is 3.07 bits per heavy atom. The van der Waals surface area contributed by atoms with Gasteiger partial charge in [0.05, 0.1) is 5.02 Å². The Labute approximate surface area is 95.2 Å². The number of piperidine rings is 1. The Morgan fingerprint density at radius 2 is 2.40 bits per heavy atom. The first-order chi connectivity index (χ1) is 7.25. The lowest BCUT2D eigenvalue weighted by Crippen LogP contribution is -2.46. The molecule has 0 radical (unpaired) electrons. The third-order valence-corrected chi connectivity index (χ3v) is 3.05. The summed E-state index contributed by atoms with van der Waals surface area (Å²) in [5.41, 5.74) is 0. The van der Waals surface area contributed by atoms with Crippen molar-refractivity contribution >= 4 is 17.4 Å². The molecule has 0 spiro atoms. The molecule has 0 saturated carbocycles. The van der Waals surface area contributed by atoms with Gasteiger partial charge in [0, 0.05) is 18.3 Å². The predicted molar refractivity (Wildman–Crippen MR) is 63.4 cm³/mol. The van der Waals surface area contributed by atoms with Gasteiger partial charge in [0.15, 0.2) is 0 Å². The third-order valence-electron chi connectivity index (χ3n) is 2.82. The minimum Gasteiger partial charge on any atom is -0.366 e. The van der Waals surface area contributed by atoms with Crippen molar-refractivity contribution < 1.29 is 0 Å². The van der Waals surface area contributed by atoms with Crippen LogP contribution in [-0.2, 0) is 0 Å². The van der Waals surface area contributed by atoms with Crippen LogP contribution in [0.1, 0.15) is 19.8 Å². The van der Waals surface area contributed by atoms with Crippen LogP contribution in [0.3, 0.4) is 0 Å². The summed E-state index contributed by atoms with van der Waals surface area (Å²) in [6.45, 7) is 3.32. The summed E-state index contributed by atoms with van der Waals surface area (Å²) in [6.07, 6.45) is 4.08. The molecule has 1 saturated heterocycles. The Kier molecular flexibility index (Phi) is 3.44. The summed E-state index contributed by atoms with van der Waals surface area (Å²) < 4.78 is 0. The number of anilines is 1. The van der Waals surface area contributed by atoms with Crippen LogP contribution in [0, 0.1) is 0 Å². The summed E-state index contributed by atoms with van der Waals surface area (Å²) in [7, 11) is 0. The van der Waals surface area contributed by atoms with Gasteiger partial charge in [0.2, 0.25) is 0 Å². The number of halogens is 1. The highest BCUT2D eigenvalue weighted by molar-refractivity contribution is 6.30. The molecule has 1 fully saturated rings. The van der Waals surface area contributed by atoms with Crippen LogP contribution in [0.5, 0.6) is 0 Å². The van der Waals surface area contributed by atoms with Crippen LogP contribution in [0.4, 0.5) is 5.82 Å². The molecule has 15 heavy (non-hydrogen) atoms. The van der Waals surface area contributed by atoms with E-state index in [2.05, 4.69) is 22.5 Å². The lowest BCUT2D eigenvalue weighted by atomic mass is 10.00. The normalized spacial score (nSPS) is 26.3. The maximum Gasteiger partial charge on any atom is 0.126 e. The van der Waals surface area contributed by atoms with E-state index in [0.29, 0.717) is 17.1 Å². The van der Waals surface area contributed by atoms with Crippen molar-refractivity contribution in [2.75, 3.05) is 11.9 Å². The standard InChI is InChI=1S/C11H16ClN3/c1-8-10(3-2-6-13-8)15-11-5-4-9(12)7-14-11/h4-5,7-8,10,13H,2-3,6H2,1H3,(H,14,15)/t8-,10+/m1/s1.